The SMILES string of the molecule is Cc1ccc(NC(=O)N(Cc2ccc(C(=O)NCCC(=O)O)cc2)C2CCC(C3CCCCC3)CC2)cc1S(=O)(=O)N(C)c1ccccc1. The number of para-hydroxylation sites is 1. The summed E-state index contributed by atoms with van der Waals surface area (Å²) in [7, 11) is -2.38. The number of nitrogens with zero attached hydrogens (tertiary/aromatic N) is 2. The Kier molecular flexibility index (Phi) is 12.0. The van der Waals surface area contributed by atoms with Crippen LogP contribution in [0.15, 0.2) is 77.7 Å². The number of hydrogen-bond acceptors (Lipinski definition) is 5. The molecule has 0 atom stereocenters. The number of aryl methyl sites for hydroxylation is 1. The minimum absolute atomic E-state index is 0.0108. The molecule has 0 spiro atoms. The van der Waals surface area contributed by atoms with Gasteiger partial charge >= 0.3 is 12.0 Å². The van der Waals surface area contributed by atoms with E-state index in [9.17, 15) is 22.8 Å². The molecule has 11 heteroatoms. The van der Waals surface area contributed by atoms with Crippen LogP contribution in [-0.2, 0) is 21.4 Å². The number of benzene rings is 3. The van der Waals surface area contributed by atoms with Gasteiger partial charge in [0.15, 0.2) is 0 Å². The predicted octanol–water partition coefficient (Wildman–Crippen LogP) is 7.20. The Morgan fingerprint density at radius 2 is 1.49 bits per heavy atom. The molecule has 3 aromatic rings. The maximum absolute atomic E-state index is 14.1. The van der Waals surface area contributed by atoms with Gasteiger partial charge in [-0.1, -0.05) is 68.5 Å². The van der Waals surface area contributed by atoms with Crippen LogP contribution in [0, 0.1) is 18.8 Å². The first kappa shape index (κ1) is 35.9. The van der Waals surface area contributed by atoms with Crippen LogP contribution in [-0.4, -0.2) is 56.0 Å². The van der Waals surface area contributed by atoms with E-state index in [1.807, 2.05) is 23.1 Å². The number of anilines is 2. The molecule has 3 N–H and O–H groups in total. The molecule has 0 aromatic heterocycles. The summed E-state index contributed by atoms with van der Waals surface area (Å²) in [4.78, 5) is 39.4. The third-order valence-corrected chi connectivity index (χ3v) is 12.1. The van der Waals surface area contributed by atoms with Crippen molar-refractivity contribution >= 4 is 39.3 Å². The Morgan fingerprint density at radius 3 is 2.14 bits per heavy atom. The quantitative estimate of drug-likeness (QED) is 0.184. The highest BCUT2D eigenvalue weighted by Crippen LogP contribution is 2.40. The zero-order chi connectivity index (χ0) is 35.0. The Hall–Kier alpha value is -4.38. The van der Waals surface area contributed by atoms with Gasteiger partial charge in [-0.3, -0.25) is 13.9 Å². The standard InChI is InChI=1S/C38H48N4O6S/c1-27-13-20-32(25-35(27)49(47,48)41(2)33-11-7-4-8-12-33)40-38(46)42(34-21-18-30(19-22-34)29-9-5-3-6-10-29)26-28-14-16-31(17-15-28)37(45)39-24-23-36(43)44/h4,7-8,11-17,20,25,29-30,34H,3,5-6,9-10,18-19,21-24,26H2,1-2H3,(H,39,45)(H,40,46)(H,43,44). The van der Waals surface area contributed by atoms with E-state index >= 15 is 0 Å². The van der Waals surface area contributed by atoms with E-state index in [1.165, 1.54) is 49.5 Å². The van der Waals surface area contributed by atoms with Crippen molar-refractivity contribution in [2.24, 2.45) is 11.8 Å². The molecule has 2 saturated carbocycles. The first-order valence-corrected chi connectivity index (χ1v) is 18.8. The van der Waals surface area contributed by atoms with Crippen LogP contribution in [0.4, 0.5) is 16.2 Å². The number of carboxylic acid groups (broad SMARTS) is 1. The number of carbonyl (C=O) groups excluding carboxylic acids is 2. The molecule has 0 unspecified atom stereocenters. The molecule has 0 heterocycles. The van der Waals surface area contributed by atoms with Crippen LogP contribution < -0.4 is 14.9 Å². The third-order valence-electron chi connectivity index (χ3n) is 10.2. The molecule has 10 nitrogen and oxygen atoms in total. The second kappa shape index (κ2) is 16.3. The van der Waals surface area contributed by atoms with E-state index in [4.69, 9.17) is 5.11 Å². The second-order valence-electron chi connectivity index (χ2n) is 13.4. The summed E-state index contributed by atoms with van der Waals surface area (Å²) >= 11 is 0. The smallest absolute Gasteiger partial charge is 0.322 e. The summed E-state index contributed by atoms with van der Waals surface area (Å²) in [6.45, 7) is 2.10. The topological polar surface area (TPSA) is 136 Å². The summed E-state index contributed by atoms with van der Waals surface area (Å²) in [5.41, 5.74) is 2.76. The Balaban J connectivity index is 1.33. The molecule has 0 radical (unpaired) electrons. The van der Waals surface area contributed by atoms with Crippen LogP contribution in [0.2, 0.25) is 0 Å². The highest BCUT2D eigenvalue weighted by atomic mass is 32.2. The van der Waals surface area contributed by atoms with Crippen LogP contribution in [0.3, 0.4) is 0 Å². The first-order chi connectivity index (χ1) is 23.5. The molecule has 2 aliphatic carbocycles. The minimum atomic E-state index is -3.90. The lowest BCUT2D eigenvalue weighted by Crippen LogP contribution is -2.44. The fraction of sp³-hybridized carbons (Fsp3) is 0.447. The highest BCUT2D eigenvalue weighted by molar-refractivity contribution is 7.92. The molecule has 262 valence electrons. The molecule has 2 fully saturated rings. The van der Waals surface area contributed by atoms with Crippen LogP contribution in [0.25, 0.3) is 0 Å². The number of carbonyl (C=O) groups is 3. The van der Waals surface area contributed by atoms with Gasteiger partial charge in [-0.25, -0.2) is 13.2 Å². The fourth-order valence-corrected chi connectivity index (χ4v) is 8.72. The molecule has 3 amide bonds. The Morgan fingerprint density at radius 1 is 0.837 bits per heavy atom. The van der Waals surface area contributed by atoms with Gasteiger partial charge in [0, 0.05) is 37.4 Å². The maximum atomic E-state index is 14.1. The predicted molar refractivity (Wildman–Crippen MR) is 191 cm³/mol. The van der Waals surface area contributed by atoms with Gasteiger partial charge in [-0.05, 0) is 92.0 Å². The van der Waals surface area contributed by atoms with E-state index in [2.05, 4.69) is 10.6 Å². The van der Waals surface area contributed by atoms with Crippen molar-refractivity contribution in [3.63, 3.8) is 0 Å². The number of nitrogens with one attached hydrogen (secondary N) is 2. The molecular weight excluding hydrogens is 641 g/mol. The molecule has 0 aliphatic heterocycles. The van der Waals surface area contributed by atoms with Crippen molar-refractivity contribution in [2.45, 2.75) is 88.6 Å². The number of rotatable bonds is 12. The number of urea groups is 1. The van der Waals surface area contributed by atoms with Gasteiger partial charge in [0.1, 0.15) is 0 Å². The molecule has 5 rings (SSSR count). The summed E-state index contributed by atoms with van der Waals surface area (Å²) in [6, 6.07) is 20.5. The summed E-state index contributed by atoms with van der Waals surface area (Å²) in [5, 5.41) is 14.5. The van der Waals surface area contributed by atoms with Gasteiger partial charge in [0.05, 0.1) is 17.0 Å². The first-order valence-electron chi connectivity index (χ1n) is 17.3. The van der Waals surface area contributed by atoms with Crippen LogP contribution in [0.1, 0.15) is 85.7 Å². The van der Waals surface area contributed by atoms with E-state index in [0.29, 0.717) is 35.0 Å². The summed E-state index contributed by atoms with van der Waals surface area (Å²) < 4.78 is 28.6. The van der Waals surface area contributed by atoms with Gasteiger partial charge in [-0.15, -0.1) is 0 Å². The molecule has 0 bridgehead atoms. The number of amides is 3. The van der Waals surface area contributed by atoms with Crippen molar-refractivity contribution in [3.8, 4) is 0 Å². The molecule has 3 aromatic carbocycles. The van der Waals surface area contributed by atoms with Crippen molar-refractivity contribution in [3.05, 3.63) is 89.5 Å². The van der Waals surface area contributed by atoms with Gasteiger partial charge in [0.2, 0.25) is 0 Å². The zero-order valence-corrected chi connectivity index (χ0v) is 29.3. The average Bonchev–Trinajstić information content (AvgIpc) is 3.12. The minimum Gasteiger partial charge on any atom is -0.481 e. The van der Waals surface area contributed by atoms with Crippen molar-refractivity contribution in [2.75, 3.05) is 23.2 Å². The summed E-state index contributed by atoms with van der Waals surface area (Å²) in [5.74, 6) is 0.122. The zero-order valence-electron chi connectivity index (χ0n) is 28.4. The maximum Gasteiger partial charge on any atom is 0.322 e. The Labute approximate surface area is 289 Å². The van der Waals surface area contributed by atoms with Gasteiger partial charge in [0.25, 0.3) is 15.9 Å². The molecule has 2 aliphatic rings. The van der Waals surface area contributed by atoms with Crippen molar-refractivity contribution in [1.29, 1.82) is 0 Å². The van der Waals surface area contributed by atoms with Crippen LogP contribution in [0.5, 0.6) is 0 Å². The number of hydrogen-bond donors (Lipinski definition) is 3. The van der Waals surface area contributed by atoms with Crippen molar-refractivity contribution in [1.82, 2.24) is 10.2 Å². The summed E-state index contributed by atoms with van der Waals surface area (Å²) in [6.07, 6.45) is 10.3. The lowest BCUT2D eigenvalue weighted by atomic mass is 9.72. The number of aliphatic carboxylic acids is 1. The van der Waals surface area contributed by atoms with E-state index in [0.717, 1.165) is 37.2 Å². The fourth-order valence-electron chi connectivity index (χ4n) is 7.28. The van der Waals surface area contributed by atoms with Crippen molar-refractivity contribution < 1.29 is 27.9 Å². The average molecular weight is 689 g/mol. The monoisotopic (exact) mass is 688 g/mol. The molecule has 49 heavy (non-hydrogen) atoms. The van der Waals surface area contributed by atoms with E-state index in [-0.39, 0.29) is 35.8 Å². The van der Waals surface area contributed by atoms with E-state index < -0.39 is 16.0 Å². The molecule has 0 saturated heterocycles. The highest BCUT2D eigenvalue weighted by Gasteiger charge is 2.33. The largest absolute Gasteiger partial charge is 0.481 e. The third kappa shape index (κ3) is 9.20. The lowest BCUT2D eigenvalue weighted by Gasteiger charge is -2.40. The van der Waals surface area contributed by atoms with Gasteiger partial charge in [-0.2, -0.15) is 0 Å². The van der Waals surface area contributed by atoms with E-state index in [1.54, 1.807) is 55.5 Å². The number of sulfonamides is 1. The van der Waals surface area contributed by atoms with Crippen LogP contribution >= 0.6 is 0 Å². The molecular formula is C38H48N4O6S. The second-order valence-corrected chi connectivity index (χ2v) is 15.3. The van der Waals surface area contributed by atoms with Gasteiger partial charge < -0.3 is 20.6 Å². The normalized spacial score (nSPS) is 18.3. The number of carboxylic acids is 1. The lowest BCUT2D eigenvalue weighted by molar-refractivity contribution is -0.136. The Bertz CT molecular complexity index is 1700.